The molecule has 0 saturated heterocycles. The summed E-state index contributed by atoms with van der Waals surface area (Å²) in [5.74, 6) is -71.3. The number of rotatable bonds is 8. The van der Waals surface area contributed by atoms with Gasteiger partial charge in [-0.15, -0.1) is 21.9 Å². The molecule has 0 N–H and O–H groups in total. The average Bonchev–Trinajstić information content (AvgIpc) is 3.26. The Morgan fingerprint density at radius 1 is 0.387 bits per heavy atom. The highest BCUT2D eigenvalue weighted by molar-refractivity contribution is 9.09. The van der Waals surface area contributed by atoms with Gasteiger partial charge in [0.1, 0.15) is 52.7 Å². The van der Waals surface area contributed by atoms with Crippen molar-refractivity contribution in [1.82, 2.24) is 0 Å². The van der Waals surface area contributed by atoms with Crippen LogP contribution in [0.5, 0.6) is 0 Å². The molecule has 0 aliphatic rings. The first-order valence-electron chi connectivity index (χ1n) is 16.4. The van der Waals surface area contributed by atoms with Gasteiger partial charge in [-0.2, -0.15) is 0 Å². The van der Waals surface area contributed by atoms with E-state index in [1.807, 2.05) is 42.7 Å². The third-order valence-corrected chi connectivity index (χ3v) is 9.76. The molecular formula is C38H13BBrF20NO. The molecule has 0 aliphatic carbocycles. The maximum Gasteiger partial charge on any atom is 0.200 e. The second kappa shape index (κ2) is 17.8. The summed E-state index contributed by atoms with van der Waals surface area (Å²) in [6.45, 7) is 0.823. The van der Waals surface area contributed by atoms with Gasteiger partial charge in [-0.05, 0) is 0 Å². The van der Waals surface area contributed by atoms with E-state index in [4.69, 9.17) is 0 Å². The van der Waals surface area contributed by atoms with Crippen molar-refractivity contribution in [2.75, 3.05) is 5.33 Å². The third kappa shape index (κ3) is 7.54. The number of pyridine rings is 1. The summed E-state index contributed by atoms with van der Waals surface area (Å²) in [7, 11) is 0. The molecule has 5 aromatic carbocycles. The SMILES string of the molecule is Fc1c(F)c(F)c([B-](c2c(F)c(F)c(F)c(F)c2F)(c2c(F)c(F)c(F)c(F)c2F)c2c(F)c(F)c(F)c(F)c2F)c(F)c1F.O=C(CBr)c1cc[n+](Cc2ccccc2)cc1. The number of Topliss-reactive ketones (excluding diaryl/α,β-unsaturated/α-hetero) is 1. The van der Waals surface area contributed by atoms with E-state index in [9.17, 15) is 57.5 Å². The lowest BCUT2D eigenvalue weighted by molar-refractivity contribution is -0.688. The molecule has 0 radical (unpaired) electrons. The maximum absolute atomic E-state index is 15.4. The highest BCUT2D eigenvalue weighted by Gasteiger charge is 2.52. The van der Waals surface area contributed by atoms with Crippen molar-refractivity contribution in [3.05, 3.63) is 182 Å². The molecule has 0 atom stereocenters. The van der Waals surface area contributed by atoms with Crippen LogP contribution in [0.25, 0.3) is 0 Å². The van der Waals surface area contributed by atoms with Crippen molar-refractivity contribution in [3.8, 4) is 0 Å². The highest BCUT2D eigenvalue weighted by atomic mass is 79.9. The van der Waals surface area contributed by atoms with Crippen LogP contribution < -0.4 is 26.4 Å². The van der Waals surface area contributed by atoms with E-state index < -0.39 is 144 Å². The third-order valence-electron chi connectivity index (χ3n) is 9.25. The molecule has 62 heavy (non-hydrogen) atoms. The first-order chi connectivity index (χ1) is 29.0. The van der Waals surface area contributed by atoms with E-state index in [0.29, 0.717) is 5.33 Å². The topological polar surface area (TPSA) is 20.9 Å². The van der Waals surface area contributed by atoms with E-state index >= 15 is 35.1 Å². The van der Waals surface area contributed by atoms with Crippen LogP contribution in [0.2, 0.25) is 0 Å². The van der Waals surface area contributed by atoms with Crippen LogP contribution >= 0.6 is 15.9 Å². The molecule has 0 saturated carbocycles. The first-order valence-corrected chi connectivity index (χ1v) is 17.5. The number of carbonyl (C=O) groups is 1. The second-order valence-corrected chi connectivity index (χ2v) is 13.2. The van der Waals surface area contributed by atoms with E-state index in [-0.39, 0.29) is 5.78 Å². The van der Waals surface area contributed by atoms with Gasteiger partial charge in [-0.1, -0.05) is 46.3 Å². The minimum Gasteiger partial charge on any atom is -0.293 e. The van der Waals surface area contributed by atoms with Crippen molar-refractivity contribution in [2.45, 2.75) is 6.54 Å². The molecule has 1 heterocycles. The molecule has 0 bridgehead atoms. The fraction of sp³-hybridized carbons (Fsp3) is 0.0526. The number of aromatic nitrogens is 1. The minimum atomic E-state index is -7.22. The van der Waals surface area contributed by atoms with Crippen LogP contribution in [0.1, 0.15) is 15.9 Å². The molecule has 1 aromatic heterocycles. The second-order valence-electron chi connectivity index (χ2n) is 12.6. The Balaban J connectivity index is 0.000000355. The van der Waals surface area contributed by atoms with Crippen molar-refractivity contribution >= 4 is 49.7 Å². The van der Waals surface area contributed by atoms with Crippen LogP contribution in [0.3, 0.4) is 0 Å². The Morgan fingerprint density at radius 2 is 0.629 bits per heavy atom. The number of ketones is 1. The van der Waals surface area contributed by atoms with Crippen LogP contribution in [0, 0.1) is 116 Å². The van der Waals surface area contributed by atoms with Gasteiger partial charge < -0.3 is 0 Å². The number of hydrogen-bond donors (Lipinski definition) is 0. The van der Waals surface area contributed by atoms with Crippen molar-refractivity contribution in [1.29, 1.82) is 0 Å². The normalized spacial score (nSPS) is 11.5. The van der Waals surface area contributed by atoms with Crippen molar-refractivity contribution in [3.63, 3.8) is 0 Å². The molecule has 6 aromatic rings. The molecule has 6 rings (SSSR count). The van der Waals surface area contributed by atoms with Crippen LogP contribution in [-0.4, -0.2) is 17.3 Å². The smallest absolute Gasteiger partial charge is 0.200 e. The highest BCUT2D eigenvalue weighted by Crippen LogP contribution is 2.30. The van der Waals surface area contributed by atoms with E-state index in [2.05, 4.69) is 32.6 Å². The quantitative estimate of drug-likeness (QED) is 0.0286. The Bertz CT molecular complexity index is 2390. The molecule has 24 heteroatoms. The summed E-state index contributed by atoms with van der Waals surface area (Å²) >= 11 is 3.17. The fourth-order valence-electron chi connectivity index (χ4n) is 6.49. The van der Waals surface area contributed by atoms with E-state index in [1.54, 1.807) is 0 Å². The zero-order valence-electron chi connectivity index (χ0n) is 29.5. The molecule has 0 spiro atoms. The summed E-state index contributed by atoms with van der Waals surface area (Å²) < 4.78 is 296. The van der Waals surface area contributed by atoms with Gasteiger partial charge in [0.15, 0.2) is 94.5 Å². The van der Waals surface area contributed by atoms with Gasteiger partial charge in [-0.3, -0.25) is 4.79 Å². The molecule has 326 valence electrons. The molecule has 0 unspecified atom stereocenters. The average molecular weight is 970 g/mol. The zero-order valence-corrected chi connectivity index (χ0v) is 31.1. The van der Waals surface area contributed by atoms with Gasteiger partial charge in [0.25, 0.3) is 0 Å². The lowest BCUT2D eigenvalue weighted by atomic mass is 9.12. The lowest BCUT2D eigenvalue weighted by Gasteiger charge is -2.44. The van der Waals surface area contributed by atoms with Gasteiger partial charge in [0, 0.05) is 23.3 Å². The Morgan fingerprint density at radius 3 is 0.871 bits per heavy atom. The largest absolute Gasteiger partial charge is 0.293 e. The van der Waals surface area contributed by atoms with E-state index in [1.165, 1.54) is 5.56 Å². The van der Waals surface area contributed by atoms with Crippen LogP contribution in [0.4, 0.5) is 87.8 Å². The molecule has 0 aliphatic heterocycles. The molecular weight excluding hydrogens is 957 g/mol. The van der Waals surface area contributed by atoms with Gasteiger partial charge in [0.05, 0.1) is 5.33 Å². The number of hydrogen-bond acceptors (Lipinski definition) is 1. The van der Waals surface area contributed by atoms with Gasteiger partial charge in [-0.25, -0.2) is 92.4 Å². The number of nitrogens with zero attached hydrogens (tertiary/aromatic N) is 1. The lowest BCUT2D eigenvalue weighted by Crippen LogP contribution is -2.81. The predicted molar refractivity (Wildman–Crippen MR) is 180 cm³/mol. The number of halogens is 21. The van der Waals surface area contributed by atoms with Crippen LogP contribution in [0.15, 0.2) is 54.9 Å². The Hall–Kier alpha value is -5.94. The van der Waals surface area contributed by atoms with Gasteiger partial charge >= 0.3 is 0 Å². The minimum absolute atomic E-state index is 0.108. The Kier molecular flexibility index (Phi) is 13.5. The van der Waals surface area contributed by atoms with Crippen molar-refractivity contribution < 1.29 is 97.2 Å². The van der Waals surface area contributed by atoms with E-state index in [0.717, 1.165) is 12.1 Å². The van der Waals surface area contributed by atoms with Gasteiger partial charge in [0.2, 0.25) is 0 Å². The summed E-state index contributed by atoms with van der Waals surface area (Å²) in [6, 6.07) is 13.9. The first kappa shape index (κ1) is 47.1. The molecule has 2 nitrogen and oxygen atoms in total. The summed E-state index contributed by atoms with van der Waals surface area (Å²) in [6.07, 6.45) is -3.35. The number of alkyl halides is 1. The summed E-state index contributed by atoms with van der Waals surface area (Å²) in [5, 5.41) is 0.371. The number of carbonyl (C=O) groups excluding carboxylic acids is 1. The van der Waals surface area contributed by atoms with Crippen molar-refractivity contribution in [2.24, 2.45) is 0 Å². The summed E-state index contributed by atoms with van der Waals surface area (Å²) in [4.78, 5) is 11.4. The zero-order chi connectivity index (χ0) is 46.4. The monoisotopic (exact) mass is 969 g/mol. The molecule has 0 fully saturated rings. The predicted octanol–water partition coefficient (Wildman–Crippen LogP) is 8.45. The summed E-state index contributed by atoms with van der Waals surface area (Å²) in [5.41, 5.74) is -12.3. The molecule has 0 amide bonds. The fourth-order valence-corrected chi connectivity index (χ4v) is 6.82. The standard InChI is InChI=1S/C24BF20.C14H13BrNO/c26-5-1(6(27)14(35)21(42)13(5)34)25(2-7(28)15(36)22(43)16(37)8(2)29,3-9(30)17(38)23(44)18(39)10(3)31)4-11(32)19(40)24(45)20(41)12(4)33;15-10-14(17)13-6-8-16(9-7-13)11-12-4-2-1-3-5-12/h;1-9H,10-11H2/q-1;+1. The Labute approximate surface area is 340 Å². The van der Waals surface area contributed by atoms with Crippen LogP contribution in [-0.2, 0) is 6.54 Å². The maximum atomic E-state index is 15.4. The number of benzene rings is 5.